The molecule has 0 aliphatic heterocycles. The van der Waals surface area contributed by atoms with Gasteiger partial charge in [-0.05, 0) is 94.8 Å². The van der Waals surface area contributed by atoms with Gasteiger partial charge in [-0.2, -0.15) is 26.3 Å². The second-order valence-electron chi connectivity index (χ2n) is 12.4. The van der Waals surface area contributed by atoms with Crippen molar-refractivity contribution in [3.63, 3.8) is 0 Å². The summed E-state index contributed by atoms with van der Waals surface area (Å²) in [6.07, 6.45) is -10.1. The van der Waals surface area contributed by atoms with E-state index >= 15 is 0 Å². The number of alkyl halides is 6. The van der Waals surface area contributed by atoms with Crippen molar-refractivity contribution < 1.29 is 26.3 Å². The molecular formula is C41H19F6N5. The van der Waals surface area contributed by atoms with Crippen molar-refractivity contribution in [2.75, 3.05) is 0 Å². The number of halogens is 6. The second-order valence-corrected chi connectivity index (χ2v) is 12.4. The Bertz CT molecular complexity index is 2580. The zero-order valence-electron chi connectivity index (χ0n) is 27.0. The average Bonchev–Trinajstić information content (AvgIpc) is 3.58. The lowest BCUT2D eigenvalue weighted by Gasteiger charge is -2.15. The summed E-state index contributed by atoms with van der Waals surface area (Å²) >= 11 is 0. The van der Waals surface area contributed by atoms with Crippen LogP contribution in [0, 0.1) is 49.7 Å². The number of nitriles is 2. The molecule has 2 aliphatic rings. The third-order valence-electron chi connectivity index (χ3n) is 9.04. The summed E-state index contributed by atoms with van der Waals surface area (Å²) in [5.41, 5.74) is 3.53. The highest BCUT2D eigenvalue weighted by atomic mass is 19.4. The molecular weight excluding hydrogens is 676 g/mol. The number of allylic oxidation sites excluding steroid dienone is 2. The lowest BCUT2D eigenvalue weighted by atomic mass is 9.94. The largest absolute Gasteiger partial charge is 0.416 e. The van der Waals surface area contributed by atoms with E-state index in [1.165, 1.54) is 18.2 Å². The van der Waals surface area contributed by atoms with E-state index in [1.807, 2.05) is 62.4 Å². The smallest absolute Gasteiger partial charge is 0.249 e. The molecule has 0 fully saturated rings. The van der Waals surface area contributed by atoms with Gasteiger partial charge in [-0.3, -0.25) is 0 Å². The van der Waals surface area contributed by atoms with Gasteiger partial charge >= 0.3 is 12.4 Å². The number of benzene rings is 4. The van der Waals surface area contributed by atoms with Gasteiger partial charge in [0.05, 0.1) is 47.8 Å². The Morgan fingerprint density at radius 2 is 0.962 bits per heavy atom. The summed E-state index contributed by atoms with van der Waals surface area (Å²) < 4.78 is 82.3. The first-order chi connectivity index (χ1) is 24.7. The van der Waals surface area contributed by atoms with Crippen molar-refractivity contribution >= 4 is 11.1 Å². The summed E-state index contributed by atoms with van der Waals surface area (Å²) in [7, 11) is 0. The minimum absolute atomic E-state index is 0.0138. The van der Waals surface area contributed by atoms with Crippen molar-refractivity contribution in [3.05, 3.63) is 158 Å². The molecule has 1 heterocycles. The Morgan fingerprint density at radius 1 is 0.538 bits per heavy atom. The molecule has 5 nitrogen and oxygen atoms in total. The number of hydrogen-bond donors (Lipinski definition) is 0. The highest BCUT2D eigenvalue weighted by Crippen LogP contribution is 2.53. The van der Waals surface area contributed by atoms with Gasteiger partial charge in [-0.15, -0.1) is 0 Å². The molecule has 5 aromatic rings. The van der Waals surface area contributed by atoms with Crippen LogP contribution >= 0.6 is 0 Å². The third kappa shape index (κ3) is 5.37. The first kappa shape index (κ1) is 33.5. The number of aromatic nitrogens is 1. The average molecular weight is 696 g/mol. The summed E-state index contributed by atoms with van der Waals surface area (Å²) in [6.45, 7) is 19.5. The molecule has 11 heteroatoms. The summed E-state index contributed by atoms with van der Waals surface area (Å²) in [5.74, 6) is 0. The molecule has 0 saturated carbocycles. The van der Waals surface area contributed by atoms with Gasteiger partial charge < -0.3 is 0 Å². The molecule has 4 aromatic carbocycles. The molecule has 7 rings (SSSR count). The Morgan fingerprint density at radius 3 is 1.35 bits per heavy atom. The fourth-order valence-corrected chi connectivity index (χ4v) is 6.91. The summed E-state index contributed by atoms with van der Waals surface area (Å²) in [6, 6.07) is 22.8. The van der Waals surface area contributed by atoms with E-state index in [-0.39, 0.29) is 51.0 Å². The molecule has 0 saturated heterocycles. The normalized spacial score (nSPS) is 14.5. The summed E-state index contributed by atoms with van der Waals surface area (Å²) in [5, 5.41) is 20.1. The SMILES string of the molecule is [C-]#[N+]/C(C#N)=C1/c2cc(-c3cc(C(F)(F)F)cc(C(F)(F)F)c3)ccc2-c2cc3c(nc21)/C(=C(\C#N)[N+]#[C-])c1cc(-c2cc(C)cc(C)c2)ccc1-3. The Balaban J connectivity index is 1.47. The first-order valence-corrected chi connectivity index (χ1v) is 15.4. The lowest BCUT2D eigenvalue weighted by Crippen LogP contribution is -2.11. The van der Waals surface area contributed by atoms with Crippen LogP contribution in [0.4, 0.5) is 26.3 Å². The zero-order chi connectivity index (χ0) is 37.3. The van der Waals surface area contributed by atoms with Crippen LogP contribution in [0.5, 0.6) is 0 Å². The van der Waals surface area contributed by atoms with Crippen molar-refractivity contribution in [1.82, 2.24) is 4.98 Å². The van der Waals surface area contributed by atoms with E-state index in [0.29, 0.717) is 39.9 Å². The molecule has 0 amide bonds. The van der Waals surface area contributed by atoms with Crippen LogP contribution in [0.1, 0.15) is 44.8 Å². The van der Waals surface area contributed by atoms with Crippen LogP contribution in [0.2, 0.25) is 0 Å². The first-order valence-electron chi connectivity index (χ1n) is 15.4. The highest BCUT2D eigenvalue weighted by Gasteiger charge is 2.38. The predicted octanol–water partition coefficient (Wildman–Crippen LogP) is 11.4. The number of rotatable bonds is 2. The minimum atomic E-state index is -5.06. The molecule has 0 radical (unpaired) electrons. The maximum Gasteiger partial charge on any atom is 0.416 e. The van der Waals surface area contributed by atoms with Gasteiger partial charge in [0.1, 0.15) is 0 Å². The quantitative estimate of drug-likeness (QED) is 0.103. The third-order valence-corrected chi connectivity index (χ3v) is 9.04. The van der Waals surface area contributed by atoms with Crippen LogP contribution in [-0.2, 0) is 12.4 Å². The number of aryl methyl sites for hydroxylation is 2. The van der Waals surface area contributed by atoms with Crippen LogP contribution in [0.25, 0.3) is 65.3 Å². The number of fused-ring (bicyclic) bond motifs is 6. The maximum absolute atomic E-state index is 13.7. The van der Waals surface area contributed by atoms with Gasteiger partial charge in [0.15, 0.2) is 0 Å². The molecule has 1 aromatic heterocycles. The van der Waals surface area contributed by atoms with Gasteiger partial charge in [0.2, 0.25) is 0 Å². The second kappa shape index (κ2) is 11.8. The monoisotopic (exact) mass is 695 g/mol. The van der Waals surface area contributed by atoms with E-state index < -0.39 is 29.2 Å². The molecule has 2 aliphatic carbocycles. The van der Waals surface area contributed by atoms with Gasteiger partial charge in [-0.25, -0.2) is 25.2 Å². The van der Waals surface area contributed by atoms with E-state index in [1.54, 1.807) is 6.07 Å². The number of pyridine rings is 1. The van der Waals surface area contributed by atoms with E-state index in [2.05, 4.69) is 9.69 Å². The molecule has 52 heavy (non-hydrogen) atoms. The van der Waals surface area contributed by atoms with E-state index in [4.69, 9.17) is 18.1 Å². The summed E-state index contributed by atoms with van der Waals surface area (Å²) in [4.78, 5) is 11.7. The van der Waals surface area contributed by atoms with Crippen molar-refractivity contribution in [3.8, 4) is 56.6 Å². The molecule has 0 spiro atoms. The van der Waals surface area contributed by atoms with Crippen molar-refractivity contribution in [2.45, 2.75) is 26.2 Å². The van der Waals surface area contributed by atoms with E-state index in [0.717, 1.165) is 22.3 Å². The van der Waals surface area contributed by atoms with Crippen LogP contribution < -0.4 is 0 Å². The minimum Gasteiger partial charge on any atom is -0.249 e. The predicted molar refractivity (Wildman–Crippen MR) is 182 cm³/mol. The Kier molecular flexibility index (Phi) is 7.63. The maximum atomic E-state index is 13.7. The zero-order valence-corrected chi connectivity index (χ0v) is 27.0. The molecule has 0 bridgehead atoms. The van der Waals surface area contributed by atoms with Crippen molar-refractivity contribution in [2.24, 2.45) is 0 Å². The van der Waals surface area contributed by atoms with Crippen LogP contribution in [-0.4, -0.2) is 4.98 Å². The molecule has 250 valence electrons. The van der Waals surface area contributed by atoms with Gasteiger partial charge in [0, 0.05) is 22.3 Å². The fraction of sp³-hybridized carbons (Fsp3) is 0.0976. The standard InChI is InChI=1S/C41H19F6N5/c1-20-9-21(2)11-24(10-20)22-5-7-28-30(14-22)36(34(18-48)50-3)38-32(28)17-33-29-8-6-23(15-31(29)37(39(33)52-38)35(19-49)51-4)25-12-26(40(42,43)44)16-27(13-25)41(45,46)47/h5-17H,1-2H3/b36-34+,37-35-. The van der Waals surface area contributed by atoms with E-state index in [9.17, 15) is 36.9 Å². The van der Waals surface area contributed by atoms with Crippen LogP contribution in [0.15, 0.2) is 90.3 Å². The van der Waals surface area contributed by atoms with Crippen molar-refractivity contribution in [1.29, 1.82) is 10.5 Å². The number of nitrogens with zero attached hydrogens (tertiary/aromatic N) is 5. The van der Waals surface area contributed by atoms with Gasteiger partial charge in [-0.1, -0.05) is 53.6 Å². The van der Waals surface area contributed by atoms with Crippen LogP contribution in [0.3, 0.4) is 0 Å². The lowest BCUT2D eigenvalue weighted by molar-refractivity contribution is -0.143. The highest BCUT2D eigenvalue weighted by molar-refractivity contribution is 6.09. The van der Waals surface area contributed by atoms with Gasteiger partial charge in [0.25, 0.3) is 11.4 Å². The molecule has 0 unspecified atom stereocenters. The molecule has 0 N–H and O–H groups in total. The Labute approximate surface area is 293 Å². The number of hydrogen-bond acceptors (Lipinski definition) is 3. The fourth-order valence-electron chi connectivity index (χ4n) is 6.91. The Hall–Kier alpha value is -6.95. The molecule has 0 atom stereocenters. The topological polar surface area (TPSA) is 69.2 Å².